The van der Waals surface area contributed by atoms with E-state index in [4.69, 9.17) is 5.11 Å². The van der Waals surface area contributed by atoms with E-state index in [0.717, 1.165) is 24.1 Å². The first-order valence-electron chi connectivity index (χ1n) is 8.16. The second-order valence-corrected chi connectivity index (χ2v) is 6.27. The smallest absolute Gasteiger partial charge is 0.335 e. The van der Waals surface area contributed by atoms with Gasteiger partial charge in [0.05, 0.1) is 5.56 Å². The van der Waals surface area contributed by atoms with Crippen molar-refractivity contribution >= 4 is 17.6 Å². The number of hydrogen-bond donors (Lipinski definition) is 2. The van der Waals surface area contributed by atoms with Gasteiger partial charge in [-0.3, -0.25) is 4.79 Å². The van der Waals surface area contributed by atoms with Crippen molar-refractivity contribution in [2.75, 3.05) is 5.32 Å². The lowest BCUT2D eigenvalue weighted by atomic mass is 10.0. The highest BCUT2D eigenvalue weighted by Gasteiger charge is 2.20. The van der Waals surface area contributed by atoms with Crippen molar-refractivity contribution in [2.45, 2.75) is 38.5 Å². The summed E-state index contributed by atoms with van der Waals surface area (Å²) >= 11 is 0. The van der Waals surface area contributed by atoms with E-state index in [1.54, 1.807) is 18.2 Å². The predicted octanol–water partition coefficient (Wildman–Crippen LogP) is 4.00. The van der Waals surface area contributed by atoms with E-state index >= 15 is 0 Å². The van der Waals surface area contributed by atoms with E-state index in [2.05, 4.69) is 16.4 Å². The van der Waals surface area contributed by atoms with Gasteiger partial charge in [0.1, 0.15) is 5.69 Å². The number of pyridine rings is 1. The Morgan fingerprint density at radius 3 is 2.42 bits per heavy atom. The van der Waals surface area contributed by atoms with Gasteiger partial charge in [-0.2, -0.15) is 0 Å². The van der Waals surface area contributed by atoms with Crippen molar-refractivity contribution < 1.29 is 14.7 Å². The van der Waals surface area contributed by atoms with Crippen LogP contribution in [0.5, 0.6) is 0 Å². The SMILES string of the molecule is Cc1cc(C(=O)Nc2ccc(C(=O)O)cc2)nc(C2CCCC2)c1. The summed E-state index contributed by atoms with van der Waals surface area (Å²) in [5.41, 5.74) is 3.16. The number of benzene rings is 1. The second kappa shape index (κ2) is 6.83. The zero-order chi connectivity index (χ0) is 17.1. The van der Waals surface area contributed by atoms with Crippen LogP contribution in [0.4, 0.5) is 5.69 Å². The van der Waals surface area contributed by atoms with E-state index in [1.807, 2.05) is 6.92 Å². The summed E-state index contributed by atoms with van der Waals surface area (Å²) in [5.74, 6) is -0.818. The summed E-state index contributed by atoms with van der Waals surface area (Å²) in [6.07, 6.45) is 4.71. The van der Waals surface area contributed by atoms with Crippen molar-refractivity contribution in [1.29, 1.82) is 0 Å². The number of carbonyl (C=O) groups is 2. The van der Waals surface area contributed by atoms with Gasteiger partial charge in [-0.25, -0.2) is 9.78 Å². The zero-order valence-electron chi connectivity index (χ0n) is 13.6. The monoisotopic (exact) mass is 324 g/mol. The van der Waals surface area contributed by atoms with Crippen LogP contribution in [-0.4, -0.2) is 22.0 Å². The molecule has 1 aromatic heterocycles. The minimum Gasteiger partial charge on any atom is -0.478 e. The summed E-state index contributed by atoms with van der Waals surface area (Å²) < 4.78 is 0. The summed E-state index contributed by atoms with van der Waals surface area (Å²) in [7, 11) is 0. The first kappa shape index (κ1) is 16.2. The molecule has 2 N–H and O–H groups in total. The van der Waals surface area contributed by atoms with E-state index in [9.17, 15) is 9.59 Å². The Morgan fingerprint density at radius 1 is 1.12 bits per heavy atom. The van der Waals surface area contributed by atoms with Gasteiger partial charge in [-0.1, -0.05) is 12.8 Å². The van der Waals surface area contributed by atoms with Crippen molar-refractivity contribution in [3.05, 3.63) is 58.9 Å². The fourth-order valence-electron chi connectivity index (χ4n) is 3.13. The fourth-order valence-corrected chi connectivity index (χ4v) is 3.13. The van der Waals surface area contributed by atoms with Gasteiger partial charge in [0.15, 0.2) is 0 Å². The number of aromatic carboxylic acids is 1. The van der Waals surface area contributed by atoms with Crippen molar-refractivity contribution in [3.8, 4) is 0 Å². The third-order valence-electron chi connectivity index (χ3n) is 4.39. The highest BCUT2D eigenvalue weighted by Crippen LogP contribution is 2.33. The Morgan fingerprint density at radius 2 is 1.79 bits per heavy atom. The molecule has 0 unspecified atom stereocenters. The molecular weight excluding hydrogens is 304 g/mol. The summed E-state index contributed by atoms with van der Waals surface area (Å²) in [6, 6.07) is 9.93. The lowest BCUT2D eigenvalue weighted by molar-refractivity contribution is 0.0696. The largest absolute Gasteiger partial charge is 0.478 e. The Balaban J connectivity index is 1.78. The van der Waals surface area contributed by atoms with Crippen LogP contribution in [0, 0.1) is 6.92 Å². The summed E-state index contributed by atoms with van der Waals surface area (Å²) in [4.78, 5) is 27.9. The standard InChI is InChI=1S/C19H20N2O3/c1-12-10-16(13-4-2-3-5-13)21-17(11-12)18(22)20-15-8-6-14(7-9-15)19(23)24/h6-11,13H,2-5H2,1H3,(H,20,22)(H,23,24). The van der Waals surface area contributed by atoms with Crippen LogP contribution < -0.4 is 5.32 Å². The van der Waals surface area contributed by atoms with Crippen LogP contribution in [0.3, 0.4) is 0 Å². The maximum atomic E-state index is 12.5. The first-order chi connectivity index (χ1) is 11.5. The minimum atomic E-state index is -0.991. The van der Waals surface area contributed by atoms with Gasteiger partial charge in [0.25, 0.3) is 5.91 Å². The summed E-state index contributed by atoms with van der Waals surface area (Å²) in [6.45, 7) is 1.97. The zero-order valence-corrected chi connectivity index (χ0v) is 13.6. The van der Waals surface area contributed by atoms with Crippen LogP contribution in [0.25, 0.3) is 0 Å². The maximum Gasteiger partial charge on any atom is 0.335 e. The van der Waals surface area contributed by atoms with E-state index in [1.165, 1.54) is 25.0 Å². The number of carboxylic acid groups (broad SMARTS) is 1. The van der Waals surface area contributed by atoms with Gasteiger partial charge >= 0.3 is 5.97 Å². The highest BCUT2D eigenvalue weighted by molar-refractivity contribution is 6.03. The first-order valence-corrected chi connectivity index (χ1v) is 8.16. The van der Waals surface area contributed by atoms with Crippen LogP contribution in [0.2, 0.25) is 0 Å². The van der Waals surface area contributed by atoms with Crippen LogP contribution >= 0.6 is 0 Å². The molecule has 5 nitrogen and oxygen atoms in total. The normalized spacial score (nSPS) is 14.5. The Hall–Kier alpha value is -2.69. The van der Waals surface area contributed by atoms with Gasteiger partial charge in [-0.05, 0) is 61.7 Å². The van der Waals surface area contributed by atoms with Gasteiger partial charge in [0.2, 0.25) is 0 Å². The molecule has 24 heavy (non-hydrogen) atoms. The molecule has 1 amide bonds. The van der Waals surface area contributed by atoms with Gasteiger partial charge in [-0.15, -0.1) is 0 Å². The van der Waals surface area contributed by atoms with Crippen LogP contribution in [0.1, 0.15) is 63.7 Å². The predicted molar refractivity (Wildman–Crippen MR) is 91.5 cm³/mol. The molecule has 1 heterocycles. The number of carboxylic acids is 1. The quantitative estimate of drug-likeness (QED) is 0.891. The average molecular weight is 324 g/mol. The molecule has 1 aliphatic carbocycles. The molecule has 0 radical (unpaired) electrons. The minimum absolute atomic E-state index is 0.185. The molecule has 0 aliphatic heterocycles. The molecule has 0 atom stereocenters. The number of hydrogen-bond acceptors (Lipinski definition) is 3. The maximum absolute atomic E-state index is 12.5. The van der Waals surface area contributed by atoms with E-state index < -0.39 is 5.97 Å². The Labute approximate surface area is 140 Å². The highest BCUT2D eigenvalue weighted by atomic mass is 16.4. The van der Waals surface area contributed by atoms with Crippen LogP contribution in [0.15, 0.2) is 36.4 Å². The van der Waals surface area contributed by atoms with E-state index in [0.29, 0.717) is 17.3 Å². The fraction of sp³-hybridized carbons (Fsp3) is 0.316. The Bertz CT molecular complexity index is 763. The van der Waals surface area contributed by atoms with Crippen molar-refractivity contribution in [2.24, 2.45) is 0 Å². The third kappa shape index (κ3) is 3.62. The molecule has 1 saturated carbocycles. The van der Waals surface area contributed by atoms with Crippen LogP contribution in [-0.2, 0) is 0 Å². The number of aryl methyl sites for hydroxylation is 1. The number of rotatable bonds is 4. The molecule has 3 rings (SSSR count). The van der Waals surface area contributed by atoms with E-state index in [-0.39, 0.29) is 11.5 Å². The molecule has 0 saturated heterocycles. The number of aromatic nitrogens is 1. The molecule has 5 heteroatoms. The van der Waals surface area contributed by atoms with Crippen molar-refractivity contribution in [1.82, 2.24) is 4.98 Å². The molecule has 1 aliphatic rings. The molecule has 2 aromatic rings. The molecule has 1 aromatic carbocycles. The van der Waals surface area contributed by atoms with Gasteiger partial charge in [0, 0.05) is 17.3 Å². The van der Waals surface area contributed by atoms with Crippen molar-refractivity contribution in [3.63, 3.8) is 0 Å². The lowest BCUT2D eigenvalue weighted by Gasteiger charge is -2.12. The number of nitrogens with one attached hydrogen (secondary N) is 1. The second-order valence-electron chi connectivity index (χ2n) is 6.27. The Kier molecular flexibility index (Phi) is 4.60. The number of carbonyl (C=O) groups excluding carboxylic acids is 1. The number of nitrogens with zero attached hydrogens (tertiary/aromatic N) is 1. The molecule has 1 fully saturated rings. The lowest BCUT2D eigenvalue weighted by Crippen LogP contribution is -2.15. The van der Waals surface area contributed by atoms with Gasteiger partial charge < -0.3 is 10.4 Å². The molecule has 0 spiro atoms. The molecule has 0 bridgehead atoms. The topological polar surface area (TPSA) is 79.3 Å². The molecule has 124 valence electrons. The average Bonchev–Trinajstić information content (AvgIpc) is 3.09. The number of anilines is 1. The number of amides is 1. The molecular formula is C19H20N2O3. The summed E-state index contributed by atoms with van der Waals surface area (Å²) in [5, 5.41) is 11.7. The third-order valence-corrected chi connectivity index (χ3v) is 4.39.